The maximum absolute atomic E-state index is 11.8. The molecule has 1 aromatic carbocycles. The summed E-state index contributed by atoms with van der Waals surface area (Å²) in [5, 5.41) is 2.81. The molecule has 1 aliphatic heterocycles. The summed E-state index contributed by atoms with van der Waals surface area (Å²) >= 11 is 0. The molecule has 0 radical (unpaired) electrons. The fourth-order valence-electron chi connectivity index (χ4n) is 2.42. The van der Waals surface area contributed by atoms with Crippen LogP contribution in [0.1, 0.15) is 32.3 Å². The van der Waals surface area contributed by atoms with Crippen LogP contribution in [0.25, 0.3) is 0 Å². The SMILES string of the molecule is CC(C)Oc1ccc(CNC(=O)CCN2CCCS2(=O)=O)cc1. The van der Waals surface area contributed by atoms with Crippen LogP contribution in [0.5, 0.6) is 5.75 Å². The highest BCUT2D eigenvalue weighted by atomic mass is 32.2. The molecule has 7 heteroatoms. The highest BCUT2D eigenvalue weighted by molar-refractivity contribution is 7.89. The summed E-state index contributed by atoms with van der Waals surface area (Å²) in [4.78, 5) is 11.8. The third-order valence-electron chi connectivity index (χ3n) is 3.58. The van der Waals surface area contributed by atoms with Crippen molar-refractivity contribution in [2.24, 2.45) is 0 Å². The van der Waals surface area contributed by atoms with Gasteiger partial charge in [0.25, 0.3) is 0 Å². The maximum atomic E-state index is 11.8. The number of rotatable bonds is 7. The molecule has 0 aliphatic carbocycles. The van der Waals surface area contributed by atoms with Crippen LogP contribution in [0.3, 0.4) is 0 Å². The van der Waals surface area contributed by atoms with Crippen LogP contribution in [-0.4, -0.2) is 43.6 Å². The van der Waals surface area contributed by atoms with Gasteiger partial charge in [0.1, 0.15) is 5.75 Å². The number of ether oxygens (including phenoxy) is 1. The Hall–Kier alpha value is -1.60. The number of carbonyl (C=O) groups excluding carboxylic acids is 1. The summed E-state index contributed by atoms with van der Waals surface area (Å²) in [6, 6.07) is 7.56. The number of hydrogen-bond acceptors (Lipinski definition) is 4. The van der Waals surface area contributed by atoms with E-state index in [4.69, 9.17) is 4.74 Å². The lowest BCUT2D eigenvalue weighted by Gasteiger charge is -2.14. The molecule has 0 unspecified atom stereocenters. The fraction of sp³-hybridized carbons (Fsp3) is 0.562. The second-order valence-electron chi connectivity index (χ2n) is 5.91. The molecule has 1 saturated heterocycles. The summed E-state index contributed by atoms with van der Waals surface area (Å²) in [6.45, 7) is 5.14. The van der Waals surface area contributed by atoms with Gasteiger partial charge in [-0.05, 0) is 38.0 Å². The molecule has 0 aromatic heterocycles. The quantitative estimate of drug-likeness (QED) is 0.816. The van der Waals surface area contributed by atoms with Gasteiger partial charge in [-0.25, -0.2) is 12.7 Å². The van der Waals surface area contributed by atoms with Crippen LogP contribution in [0.2, 0.25) is 0 Å². The van der Waals surface area contributed by atoms with Gasteiger partial charge in [-0.15, -0.1) is 0 Å². The molecule has 0 spiro atoms. The average Bonchev–Trinajstić information content (AvgIpc) is 2.82. The normalized spacial score (nSPS) is 17.3. The topological polar surface area (TPSA) is 75.7 Å². The lowest BCUT2D eigenvalue weighted by atomic mass is 10.2. The molecular weight excluding hydrogens is 316 g/mol. The van der Waals surface area contributed by atoms with Crippen LogP contribution in [0, 0.1) is 0 Å². The van der Waals surface area contributed by atoms with E-state index in [0.29, 0.717) is 19.5 Å². The molecule has 1 aromatic rings. The van der Waals surface area contributed by atoms with Crippen molar-refractivity contribution in [3.8, 4) is 5.75 Å². The summed E-state index contributed by atoms with van der Waals surface area (Å²) in [5.41, 5.74) is 0.975. The van der Waals surface area contributed by atoms with Crippen LogP contribution >= 0.6 is 0 Å². The van der Waals surface area contributed by atoms with Crippen molar-refractivity contribution >= 4 is 15.9 Å². The Morgan fingerprint density at radius 2 is 2.00 bits per heavy atom. The molecule has 2 rings (SSSR count). The minimum absolute atomic E-state index is 0.127. The van der Waals surface area contributed by atoms with Crippen LogP contribution in [-0.2, 0) is 21.4 Å². The largest absolute Gasteiger partial charge is 0.491 e. The first-order valence-corrected chi connectivity index (χ1v) is 9.48. The Morgan fingerprint density at radius 3 is 2.57 bits per heavy atom. The number of nitrogens with zero attached hydrogens (tertiary/aromatic N) is 1. The molecular formula is C16H24N2O4S. The summed E-state index contributed by atoms with van der Waals surface area (Å²) < 4.78 is 30.2. The highest BCUT2D eigenvalue weighted by Gasteiger charge is 2.27. The van der Waals surface area contributed by atoms with Gasteiger partial charge in [0.15, 0.2) is 0 Å². The minimum atomic E-state index is -3.13. The molecule has 23 heavy (non-hydrogen) atoms. The zero-order chi connectivity index (χ0) is 16.9. The summed E-state index contributed by atoms with van der Waals surface area (Å²) in [5.74, 6) is 0.850. The fourth-order valence-corrected chi connectivity index (χ4v) is 3.94. The molecule has 0 bridgehead atoms. The summed E-state index contributed by atoms with van der Waals surface area (Å²) in [7, 11) is -3.13. The first kappa shape index (κ1) is 17.7. The van der Waals surface area contributed by atoms with E-state index in [1.807, 2.05) is 38.1 Å². The molecule has 1 aliphatic rings. The molecule has 0 atom stereocenters. The number of carbonyl (C=O) groups is 1. The second-order valence-corrected chi connectivity index (χ2v) is 7.99. The third kappa shape index (κ3) is 5.51. The van der Waals surface area contributed by atoms with Gasteiger partial charge in [-0.1, -0.05) is 12.1 Å². The van der Waals surface area contributed by atoms with E-state index in [9.17, 15) is 13.2 Å². The molecule has 128 valence electrons. The van der Waals surface area contributed by atoms with E-state index in [1.165, 1.54) is 4.31 Å². The van der Waals surface area contributed by atoms with Crippen molar-refractivity contribution in [2.45, 2.75) is 39.3 Å². The maximum Gasteiger partial charge on any atom is 0.221 e. The van der Waals surface area contributed by atoms with Crippen molar-refractivity contribution in [1.29, 1.82) is 0 Å². The monoisotopic (exact) mass is 340 g/mol. The Bertz CT molecular complexity index is 626. The van der Waals surface area contributed by atoms with Gasteiger partial charge >= 0.3 is 0 Å². The van der Waals surface area contributed by atoms with E-state index in [2.05, 4.69) is 5.32 Å². The molecule has 1 fully saturated rings. The van der Waals surface area contributed by atoms with Crippen molar-refractivity contribution < 1.29 is 17.9 Å². The van der Waals surface area contributed by atoms with Gasteiger partial charge in [0, 0.05) is 26.1 Å². The lowest BCUT2D eigenvalue weighted by molar-refractivity contribution is -0.121. The Kier molecular flexibility index (Phi) is 6.01. The van der Waals surface area contributed by atoms with Crippen molar-refractivity contribution in [2.75, 3.05) is 18.8 Å². The molecule has 1 N–H and O–H groups in total. The van der Waals surface area contributed by atoms with Gasteiger partial charge in [0.05, 0.1) is 11.9 Å². The highest BCUT2D eigenvalue weighted by Crippen LogP contribution is 2.14. The number of sulfonamides is 1. The lowest BCUT2D eigenvalue weighted by Crippen LogP contribution is -2.31. The standard InChI is InChI=1S/C16H24N2O4S/c1-13(2)22-15-6-4-14(5-7-15)12-17-16(19)8-10-18-9-3-11-23(18,20)21/h4-7,13H,3,8-12H2,1-2H3,(H,17,19). The molecule has 1 amide bonds. The van der Waals surface area contributed by atoms with Crippen LogP contribution in [0.15, 0.2) is 24.3 Å². The molecule has 0 saturated carbocycles. The van der Waals surface area contributed by atoms with Crippen LogP contribution < -0.4 is 10.1 Å². The zero-order valence-corrected chi connectivity index (χ0v) is 14.4. The van der Waals surface area contributed by atoms with Crippen molar-refractivity contribution in [3.05, 3.63) is 29.8 Å². The van der Waals surface area contributed by atoms with Gasteiger partial charge in [0.2, 0.25) is 15.9 Å². The number of hydrogen-bond donors (Lipinski definition) is 1. The van der Waals surface area contributed by atoms with E-state index in [1.54, 1.807) is 0 Å². The van der Waals surface area contributed by atoms with Gasteiger partial charge in [-0.3, -0.25) is 4.79 Å². The van der Waals surface area contributed by atoms with E-state index in [0.717, 1.165) is 11.3 Å². The number of nitrogens with one attached hydrogen (secondary N) is 1. The first-order chi connectivity index (χ1) is 10.9. The van der Waals surface area contributed by atoms with E-state index < -0.39 is 10.0 Å². The predicted molar refractivity (Wildman–Crippen MR) is 88.6 cm³/mol. The summed E-state index contributed by atoms with van der Waals surface area (Å²) in [6.07, 6.45) is 0.963. The number of benzene rings is 1. The Balaban J connectivity index is 1.74. The van der Waals surface area contributed by atoms with E-state index >= 15 is 0 Å². The molecule has 6 nitrogen and oxygen atoms in total. The zero-order valence-electron chi connectivity index (χ0n) is 13.6. The van der Waals surface area contributed by atoms with Crippen molar-refractivity contribution in [1.82, 2.24) is 9.62 Å². The average molecular weight is 340 g/mol. The van der Waals surface area contributed by atoms with Gasteiger partial charge in [-0.2, -0.15) is 0 Å². The van der Waals surface area contributed by atoms with Gasteiger partial charge < -0.3 is 10.1 Å². The minimum Gasteiger partial charge on any atom is -0.491 e. The second kappa shape index (κ2) is 7.79. The first-order valence-electron chi connectivity index (χ1n) is 7.87. The third-order valence-corrected chi connectivity index (χ3v) is 5.53. The number of amides is 1. The van der Waals surface area contributed by atoms with Crippen LogP contribution in [0.4, 0.5) is 0 Å². The Morgan fingerprint density at radius 1 is 1.30 bits per heavy atom. The van der Waals surface area contributed by atoms with E-state index in [-0.39, 0.29) is 30.7 Å². The van der Waals surface area contributed by atoms with Crippen molar-refractivity contribution in [3.63, 3.8) is 0 Å². The Labute approximate surface area is 137 Å². The molecule has 1 heterocycles. The predicted octanol–water partition coefficient (Wildman–Crippen LogP) is 1.52. The smallest absolute Gasteiger partial charge is 0.221 e.